The van der Waals surface area contributed by atoms with Gasteiger partial charge in [0.25, 0.3) is 0 Å². The highest BCUT2D eigenvalue weighted by molar-refractivity contribution is 5.76. The summed E-state index contributed by atoms with van der Waals surface area (Å²) in [5.41, 5.74) is 0.921. The summed E-state index contributed by atoms with van der Waals surface area (Å²) >= 11 is 0. The highest BCUT2D eigenvalue weighted by atomic mass is 16.2. The molecule has 5 heteroatoms. The number of aromatic nitrogens is 2. The van der Waals surface area contributed by atoms with Gasteiger partial charge in [0.1, 0.15) is 6.54 Å². The summed E-state index contributed by atoms with van der Waals surface area (Å²) in [6.07, 6.45) is 5.00. The van der Waals surface area contributed by atoms with Crippen molar-refractivity contribution in [1.82, 2.24) is 14.9 Å². The van der Waals surface area contributed by atoms with E-state index in [-0.39, 0.29) is 19.0 Å². The van der Waals surface area contributed by atoms with E-state index < -0.39 is 5.69 Å². The van der Waals surface area contributed by atoms with Gasteiger partial charge in [-0.25, -0.2) is 4.79 Å². The maximum Gasteiger partial charge on any atom is 0.348 e. The quantitative estimate of drug-likeness (QED) is 0.704. The molecule has 0 saturated carbocycles. The fraction of sp³-hybridized carbons (Fsp3) is 0.364. The van der Waals surface area contributed by atoms with Gasteiger partial charge in [-0.2, -0.15) is 4.98 Å². The molecule has 0 saturated heterocycles. The first-order valence-electron chi connectivity index (χ1n) is 4.80. The molecule has 0 radical (unpaired) electrons. The first-order chi connectivity index (χ1) is 7.54. The molecule has 84 valence electrons. The molecule has 5 nitrogen and oxygen atoms in total. The zero-order valence-electron chi connectivity index (χ0n) is 9.28. The number of amides is 1. The fourth-order valence-electron chi connectivity index (χ4n) is 1.32. The highest BCUT2D eigenvalue weighted by Crippen LogP contribution is 1.96. The largest absolute Gasteiger partial charge is 0.348 e. The smallest absolute Gasteiger partial charge is 0.344 e. The Balaban J connectivity index is 2.86. The molecule has 1 N–H and O–H groups in total. The van der Waals surface area contributed by atoms with Crippen LogP contribution in [0.4, 0.5) is 0 Å². The van der Waals surface area contributed by atoms with Gasteiger partial charge < -0.3 is 5.32 Å². The van der Waals surface area contributed by atoms with Gasteiger partial charge in [-0.05, 0) is 19.9 Å². The van der Waals surface area contributed by atoms with E-state index in [9.17, 15) is 9.59 Å². The van der Waals surface area contributed by atoms with Crippen molar-refractivity contribution >= 4 is 5.91 Å². The van der Waals surface area contributed by atoms with E-state index in [1.54, 1.807) is 19.9 Å². The van der Waals surface area contributed by atoms with Gasteiger partial charge in [-0.1, -0.05) is 5.92 Å². The molecule has 0 aliphatic carbocycles. The zero-order valence-corrected chi connectivity index (χ0v) is 9.28. The second kappa shape index (κ2) is 5.12. The molecular weight excluding hydrogens is 206 g/mol. The third kappa shape index (κ3) is 2.95. The second-order valence-electron chi connectivity index (χ2n) is 3.39. The first-order valence-corrected chi connectivity index (χ1v) is 4.80. The van der Waals surface area contributed by atoms with Crippen LogP contribution in [0.25, 0.3) is 0 Å². The van der Waals surface area contributed by atoms with Gasteiger partial charge in [-0.3, -0.25) is 9.36 Å². The maximum absolute atomic E-state index is 11.5. The molecule has 1 aromatic heterocycles. The Labute approximate surface area is 93.5 Å². The van der Waals surface area contributed by atoms with Gasteiger partial charge >= 0.3 is 5.69 Å². The molecule has 0 spiro atoms. The minimum Gasteiger partial charge on any atom is -0.344 e. The van der Waals surface area contributed by atoms with Crippen molar-refractivity contribution in [2.75, 3.05) is 6.54 Å². The summed E-state index contributed by atoms with van der Waals surface area (Å²) in [5, 5.41) is 2.49. The molecule has 0 unspecified atom stereocenters. The summed E-state index contributed by atoms with van der Waals surface area (Å²) in [5.74, 6) is 1.99. The van der Waals surface area contributed by atoms with E-state index in [0.29, 0.717) is 11.4 Å². The predicted molar refractivity (Wildman–Crippen MR) is 59.8 cm³/mol. The van der Waals surface area contributed by atoms with Crippen LogP contribution in [0.2, 0.25) is 0 Å². The molecule has 0 atom stereocenters. The number of hydrogen-bond donors (Lipinski definition) is 1. The van der Waals surface area contributed by atoms with Crippen LogP contribution in [-0.2, 0) is 11.3 Å². The van der Waals surface area contributed by atoms with Crippen molar-refractivity contribution in [2.45, 2.75) is 20.4 Å². The molecule has 16 heavy (non-hydrogen) atoms. The normalized spacial score (nSPS) is 9.56. The number of aryl methyl sites for hydroxylation is 2. The Morgan fingerprint density at radius 3 is 2.88 bits per heavy atom. The maximum atomic E-state index is 11.5. The minimum absolute atomic E-state index is 0.0559. The lowest BCUT2D eigenvalue weighted by Gasteiger charge is -2.08. The van der Waals surface area contributed by atoms with Crippen molar-refractivity contribution in [3.63, 3.8) is 0 Å². The number of hydrogen-bond acceptors (Lipinski definition) is 3. The summed E-state index contributed by atoms with van der Waals surface area (Å²) in [6.45, 7) is 3.59. The third-order valence-electron chi connectivity index (χ3n) is 2.04. The average Bonchev–Trinajstić information content (AvgIpc) is 2.20. The Morgan fingerprint density at radius 2 is 2.31 bits per heavy atom. The van der Waals surface area contributed by atoms with Crippen LogP contribution in [0, 0.1) is 26.2 Å². The van der Waals surface area contributed by atoms with Crippen molar-refractivity contribution in [1.29, 1.82) is 0 Å². The Hall–Kier alpha value is -2.09. The van der Waals surface area contributed by atoms with Crippen molar-refractivity contribution in [2.24, 2.45) is 0 Å². The van der Waals surface area contributed by atoms with Gasteiger partial charge in [0.15, 0.2) is 0 Å². The molecule has 1 rings (SSSR count). The number of terminal acetylenes is 1. The molecule has 0 aromatic carbocycles. The average molecular weight is 219 g/mol. The Morgan fingerprint density at radius 1 is 1.62 bits per heavy atom. The van der Waals surface area contributed by atoms with E-state index >= 15 is 0 Å². The molecule has 0 bridgehead atoms. The monoisotopic (exact) mass is 219 g/mol. The van der Waals surface area contributed by atoms with Crippen LogP contribution >= 0.6 is 0 Å². The van der Waals surface area contributed by atoms with Crippen molar-refractivity contribution in [3.8, 4) is 12.3 Å². The van der Waals surface area contributed by atoms with E-state index in [1.165, 1.54) is 4.57 Å². The molecule has 0 fully saturated rings. The first kappa shape index (κ1) is 12.0. The predicted octanol–water partition coefficient (Wildman–Crippen LogP) is -0.390. The van der Waals surface area contributed by atoms with Crippen LogP contribution in [0.5, 0.6) is 0 Å². The van der Waals surface area contributed by atoms with Gasteiger partial charge in [0, 0.05) is 11.4 Å². The van der Waals surface area contributed by atoms with E-state index in [4.69, 9.17) is 6.42 Å². The molecule has 0 aliphatic rings. The highest BCUT2D eigenvalue weighted by Gasteiger charge is 2.07. The molecule has 1 aromatic rings. The third-order valence-corrected chi connectivity index (χ3v) is 2.04. The van der Waals surface area contributed by atoms with Gasteiger partial charge in [0.2, 0.25) is 5.91 Å². The lowest BCUT2D eigenvalue weighted by molar-refractivity contribution is -0.121. The standard InChI is InChI=1S/C11H13N3O2/c1-4-5-12-10(15)7-14-9(3)6-8(2)13-11(14)16/h1,6H,5,7H2,2-3H3,(H,12,15). The number of nitrogens with zero attached hydrogens (tertiary/aromatic N) is 2. The molecular formula is C11H13N3O2. The summed E-state index contributed by atoms with van der Waals surface area (Å²) in [4.78, 5) is 26.6. The number of carbonyl (C=O) groups excluding carboxylic acids is 1. The van der Waals surface area contributed by atoms with E-state index in [2.05, 4.69) is 16.2 Å². The van der Waals surface area contributed by atoms with Crippen molar-refractivity contribution in [3.05, 3.63) is 27.9 Å². The van der Waals surface area contributed by atoms with Crippen LogP contribution in [-0.4, -0.2) is 22.0 Å². The van der Waals surface area contributed by atoms with Crippen molar-refractivity contribution < 1.29 is 4.79 Å². The second-order valence-corrected chi connectivity index (χ2v) is 3.39. The summed E-state index contributed by atoms with van der Waals surface area (Å²) in [7, 11) is 0. The summed E-state index contributed by atoms with van der Waals surface area (Å²) < 4.78 is 1.30. The minimum atomic E-state index is -0.423. The van der Waals surface area contributed by atoms with Crippen LogP contribution < -0.4 is 11.0 Å². The van der Waals surface area contributed by atoms with Crippen LogP contribution in [0.1, 0.15) is 11.4 Å². The van der Waals surface area contributed by atoms with Crippen LogP contribution in [0.3, 0.4) is 0 Å². The molecule has 1 heterocycles. The Bertz CT molecular complexity index is 497. The van der Waals surface area contributed by atoms with E-state index in [1.807, 2.05) is 0 Å². The number of nitrogens with one attached hydrogen (secondary N) is 1. The van der Waals surface area contributed by atoms with Gasteiger partial charge in [0.05, 0.1) is 6.54 Å². The fourth-order valence-corrected chi connectivity index (χ4v) is 1.32. The van der Waals surface area contributed by atoms with E-state index in [0.717, 1.165) is 0 Å². The topological polar surface area (TPSA) is 64.0 Å². The number of rotatable bonds is 3. The lowest BCUT2D eigenvalue weighted by Crippen LogP contribution is -2.34. The molecule has 1 amide bonds. The molecule has 0 aliphatic heterocycles. The lowest BCUT2D eigenvalue weighted by atomic mass is 10.3. The summed E-state index contributed by atoms with van der Waals surface area (Å²) in [6, 6.07) is 1.75. The number of carbonyl (C=O) groups is 1. The SMILES string of the molecule is C#CCNC(=O)Cn1c(C)cc(C)nc1=O. The Kier molecular flexibility index (Phi) is 3.84. The van der Waals surface area contributed by atoms with Crippen LogP contribution in [0.15, 0.2) is 10.9 Å². The van der Waals surface area contributed by atoms with Gasteiger partial charge in [-0.15, -0.1) is 6.42 Å². The zero-order chi connectivity index (χ0) is 12.1.